The number of rotatable bonds is 8. The molecule has 112 valence electrons. The van der Waals surface area contributed by atoms with Gasteiger partial charge >= 0.3 is 0 Å². The van der Waals surface area contributed by atoms with E-state index in [4.69, 9.17) is 9.47 Å². The van der Waals surface area contributed by atoms with Crippen LogP contribution in [-0.2, 0) is 16.0 Å². The molecular formula is C12H19N3O5. The minimum atomic E-state index is -0.789. The lowest BCUT2D eigenvalue weighted by Crippen LogP contribution is -2.36. The maximum absolute atomic E-state index is 11.8. The maximum atomic E-state index is 11.8. The number of hydrogen-bond acceptors (Lipinski definition) is 6. The fraction of sp³-hybridized carbons (Fsp3) is 0.583. The van der Waals surface area contributed by atoms with Crippen LogP contribution in [0.3, 0.4) is 0 Å². The van der Waals surface area contributed by atoms with Crippen LogP contribution in [0.25, 0.3) is 0 Å². The van der Waals surface area contributed by atoms with E-state index in [0.717, 1.165) is 4.68 Å². The summed E-state index contributed by atoms with van der Waals surface area (Å²) in [4.78, 5) is 23.3. The van der Waals surface area contributed by atoms with Crippen LogP contribution in [0, 0.1) is 0 Å². The number of aromatic nitrogens is 2. The van der Waals surface area contributed by atoms with Crippen LogP contribution in [-0.4, -0.2) is 60.9 Å². The van der Waals surface area contributed by atoms with Gasteiger partial charge in [-0.25, -0.2) is 4.68 Å². The van der Waals surface area contributed by atoms with E-state index in [-0.39, 0.29) is 30.9 Å². The van der Waals surface area contributed by atoms with E-state index in [1.165, 1.54) is 26.4 Å². The lowest BCUT2D eigenvalue weighted by molar-refractivity contribution is 0.0608. The van der Waals surface area contributed by atoms with Crippen molar-refractivity contribution < 1.29 is 19.4 Å². The number of ether oxygens (including phenoxy) is 2. The van der Waals surface area contributed by atoms with Gasteiger partial charge in [0.1, 0.15) is 5.69 Å². The van der Waals surface area contributed by atoms with E-state index in [2.05, 4.69) is 10.4 Å². The topological polar surface area (TPSA) is 103 Å². The Labute approximate surface area is 116 Å². The summed E-state index contributed by atoms with van der Waals surface area (Å²) >= 11 is 0. The zero-order chi connectivity index (χ0) is 15.0. The lowest BCUT2D eigenvalue weighted by Gasteiger charge is -2.11. The molecule has 0 aromatic carbocycles. The second-order valence-corrected chi connectivity index (χ2v) is 4.09. The van der Waals surface area contributed by atoms with Crippen LogP contribution in [0.2, 0.25) is 0 Å². The van der Waals surface area contributed by atoms with Gasteiger partial charge < -0.3 is 19.9 Å². The summed E-state index contributed by atoms with van der Waals surface area (Å²) in [6.45, 7) is 0.764. The predicted molar refractivity (Wildman–Crippen MR) is 70.6 cm³/mol. The standard InChI is InChI=1S/C12H19N3O5/c1-19-6-5-15-11(17)4-3-10(14-15)12(18)13-7-9(16)8-20-2/h3-4,9,16H,5-8H2,1-2H3,(H,13,18). The van der Waals surface area contributed by atoms with Gasteiger partial charge in [-0.1, -0.05) is 0 Å². The summed E-state index contributed by atoms with van der Waals surface area (Å²) in [6.07, 6.45) is -0.789. The van der Waals surface area contributed by atoms with Crippen molar-refractivity contribution in [3.63, 3.8) is 0 Å². The molecule has 0 saturated heterocycles. The van der Waals surface area contributed by atoms with Crippen molar-refractivity contribution in [3.8, 4) is 0 Å². The van der Waals surface area contributed by atoms with Crippen LogP contribution in [0.1, 0.15) is 10.5 Å². The molecule has 0 aliphatic carbocycles. The Balaban J connectivity index is 2.66. The molecular weight excluding hydrogens is 266 g/mol. The summed E-state index contributed by atoms with van der Waals surface area (Å²) in [5.41, 5.74) is -0.205. The van der Waals surface area contributed by atoms with Gasteiger partial charge in [0.05, 0.1) is 25.9 Å². The molecule has 1 aromatic heterocycles. The first kappa shape index (κ1) is 16.3. The molecule has 0 bridgehead atoms. The van der Waals surface area contributed by atoms with E-state index in [0.29, 0.717) is 6.61 Å². The fourth-order valence-corrected chi connectivity index (χ4v) is 1.46. The van der Waals surface area contributed by atoms with Gasteiger partial charge in [-0.2, -0.15) is 5.10 Å². The van der Waals surface area contributed by atoms with Crippen molar-refractivity contribution >= 4 is 5.91 Å². The Kier molecular flexibility index (Phi) is 6.85. The monoisotopic (exact) mass is 285 g/mol. The molecule has 0 saturated carbocycles. The van der Waals surface area contributed by atoms with E-state index in [1.54, 1.807) is 0 Å². The molecule has 1 amide bonds. The molecule has 20 heavy (non-hydrogen) atoms. The predicted octanol–water partition coefficient (Wildman–Crippen LogP) is -1.37. The average Bonchev–Trinajstić information content (AvgIpc) is 2.44. The maximum Gasteiger partial charge on any atom is 0.271 e. The Morgan fingerprint density at radius 3 is 2.85 bits per heavy atom. The Morgan fingerprint density at radius 2 is 2.20 bits per heavy atom. The number of carbonyl (C=O) groups is 1. The molecule has 1 aromatic rings. The van der Waals surface area contributed by atoms with Crippen molar-refractivity contribution in [1.82, 2.24) is 15.1 Å². The van der Waals surface area contributed by atoms with Gasteiger partial charge in [-0.15, -0.1) is 0 Å². The third-order valence-corrected chi connectivity index (χ3v) is 2.46. The minimum Gasteiger partial charge on any atom is -0.389 e. The number of aliphatic hydroxyl groups is 1. The number of aliphatic hydroxyl groups excluding tert-OH is 1. The summed E-state index contributed by atoms with van der Waals surface area (Å²) in [7, 11) is 2.97. The first-order valence-corrected chi connectivity index (χ1v) is 6.10. The van der Waals surface area contributed by atoms with E-state index < -0.39 is 12.0 Å². The molecule has 1 atom stereocenters. The molecule has 8 heteroatoms. The number of amides is 1. The second-order valence-electron chi connectivity index (χ2n) is 4.09. The van der Waals surface area contributed by atoms with Crippen molar-refractivity contribution in [1.29, 1.82) is 0 Å². The van der Waals surface area contributed by atoms with Crippen molar-refractivity contribution in [2.24, 2.45) is 0 Å². The molecule has 0 fully saturated rings. The smallest absolute Gasteiger partial charge is 0.271 e. The largest absolute Gasteiger partial charge is 0.389 e. The number of carbonyl (C=O) groups excluding carboxylic acids is 1. The Morgan fingerprint density at radius 1 is 1.45 bits per heavy atom. The van der Waals surface area contributed by atoms with Crippen LogP contribution in [0.5, 0.6) is 0 Å². The normalized spacial score (nSPS) is 12.2. The lowest BCUT2D eigenvalue weighted by atomic mass is 10.3. The highest BCUT2D eigenvalue weighted by atomic mass is 16.5. The first-order valence-electron chi connectivity index (χ1n) is 6.10. The Hall–Kier alpha value is -1.77. The zero-order valence-electron chi connectivity index (χ0n) is 11.5. The van der Waals surface area contributed by atoms with Crippen molar-refractivity contribution in [2.75, 3.05) is 34.0 Å². The average molecular weight is 285 g/mol. The van der Waals surface area contributed by atoms with Crippen molar-refractivity contribution in [3.05, 3.63) is 28.2 Å². The second kappa shape index (κ2) is 8.41. The van der Waals surface area contributed by atoms with Gasteiger partial charge in [-0.05, 0) is 6.07 Å². The molecule has 1 heterocycles. The minimum absolute atomic E-state index is 0.0472. The quantitative estimate of drug-likeness (QED) is 0.611. The van der Waals surface area contributed by atoms with Crippen LogP contribution < -0.4 is 10.9 Å². The van der Waals surface area contributed by atoms with Gasteiger partial charge in [0.25, 0.3) is 11.5 Å². The number of methoxy groups -OCH3 is 2. The molecule has 8 nitrogen and oxygen atoms in total. The molecule has 0 radical (unpaired) electrons. The molecule has 0 aliphatic rings. The van der Waals surface area contributed by atoms with Gasteiger partial charge in [-0.3, -0.25) is 9.59 Å². The van der Waals surface area contributed by atoms with E-state index in [9.17, 15) is 14.7 Å². The van der Waals surface area contributed by atoms with Crippen molar-refractivity contribution in [2.45, 2.75) is 12.6 Å². The number of nitrogens with zero attached hydrogens (tertiary/aromatic N) is 2. The summed E-state index contributed by atoms with van der Waals surface area (Å²) in [5, 5.41) is 15.9. The van der Waals surface area contributed by atoms with E-state index >= 15 is 0 Å². The highest BCUT2D eigenvalue weighted by molar-refractivity contribution is 5.91. The fourth-order valence-electron chi connectivity index (χ4n) is 1.46. The summed E-state index contributed by atoms with van der Waals surface area (Å²) < 4.78 is 10.8. The SMILES string of the molecule is COCCn1nc(C(=O)NCC(O)COC)ccc1=O. The van der Waals surface area contributed by atoms with Gasteiger partial charge in [0.2, 0.25) is 0 Å². The number of nitrogens with one attached hydrogen (secondary N) is 1. The molecule has 0 aliphatic heterocycles. The third-order valence-electron chi connectivity index (χ3n) is 2.46. The van der Waals surface area contributed by atoms with Gasteiger partial charge in [0.15, 0.2) is 0 Å². The zero-order valence-corrected chi connectivity index (χ0v) is 11.5. The van der Waals surface area contributed by atoms with Gasteiger partial charge in [0, 0.05) is 26.8 Å². The molecule has 1 rings (SSSR count). The molecule has 1 unspecified atom stereocenters. The van der Waals surface area contributed by atoms with Crippen LogP contribution in [0.15, 0.2) is 16.9 Å². The molecule has 0 spiro atoms. The highest BCUT2D eigenvalue weighted by Gasteiger charge is 2.11. The third kappa shape index (κ3) is 5.08. The first-order chi connectivity index (χ1) is 9.58. The number of hydrogen-bond donors (Lipinski definition) is 2. The van der Waals surface area contributed by atoms with Crippen LogP contribution >= 0.6 is 0 Å². The molecule has 2 N–H and O–H groups in total. The van der Waals surface area contributed by atoms with E-state index in [1.807, 2.05) is 0 Å². The van der Waals surface area contributed by atoms with Crippen LogP contribution in [0.4, 0.5) is 0 Å². The summed E-state index contributed by atoms with van der Waals surface area (Å²) in [6, 6.07) is 2.60. The summed E-state index contributed by atoms with van der Waals surface area (Å²) in [5.74, 6) is -0.466. The Bertz CT molecular complexity index is 488. The highest BCUT2D eigenvalue weighted by Crippen LogP contribution is 1.92.